The van der Waals surface area contributed by atoms with E-state index >= 15 is 0 Å². The molecule has 0 fully saturated rings. The second kappa shape index (κ2) is 4.85. The SMILES string of the molecule is CCC(CC)CN1C(=O)c2ccc(N)cc2S1(=O)=O. The van der Waals surface area contributed by atoms with E-state index in [4.69, 9.17) is 5.73 Å². The fourth-order valence-corrected chi connectivity index (χ4v) is 3.93. The van der Waals surface area contributed by atoms with Crippen molar-refractivity contribution < 1.29 is 13.2 Å². The highest BCUT2D eigenvalue weighted by Crippen LogP contribution is 2.32. The minimum Gasteiger partial charge on any atom is -0.399 e. The molecule has 1 amide bonds. The zero-order valence-corrected chi connectivity index (χ0v) is 11.9. The first-order valence-corrected chi connectivity index (χ1v) is 7.82. The molecule has 0 aromatic heterocycles. The van der Waals surface area contributed by atoms with Gasteiger partial charge in [-0.05, 0) is 24.1 Å². The lowest BCUT2D eigenvalue weighted by molar-refractivity contribution is 0.0855. The summed E-state index contributed by atoms with van der Waals surface area (Å²) in [6.45, 7) is 4.22. The zero-order valence-electron chi connectivity index (χ0n) is 11.1. The Bertz CT molecular complexity index is 606. The van der Waals surface area contributed by atoms with Crippen molar-refractivity contribution in [2.24, 2.45) is 5.92 Å². The van der Waals surface area contributed by atoms with Gasteiger partial charge in [0, 0.05) is 12.2 Å². The molecule has 1 aromatic rings. The van der Waals surface area contributed by atoms with E-state index in [1.54, 1.807) is 6.07 Å². The summed E-state index contributed by atoms with van der Waals surface area (Å²) in [6, 6.07) is 4.39. The highest BCUT2D eigenvalue weighted by Gasteiger charge is 2.41. The first-order valence-electron chi connectivity index (χ1n) is 6.38. The van der Waals surface area contributed by atoms with Gasteiger partial charge in [0.1, 0.15) is 4.90 Å². The Balaban J connectivity index is 2.43. The molecule has 5 nitrogen and oxygen atoms in total. The quantitative estimate of drug-likeness (QED) is 0.855. The van der Waals surface area contributed by atoms with Crippen LogP contribution in [0.1, 0.15) is 37.0 Å². The molecule has 1 aliphatic heterocycles. The molecule has 0 bridgehead atoms. The number of hydrogen-bond acceptors (Lipinski definition) is 4. The van der Waals surface area contributed by atoms with Gasteiger partial charge in [0.15, 0.2) is 0 Å². The van der Waals surface area contributed by atoms with Crippen molar-refractivity contribution in [3.63, 3.8) is 0 Å². The van der Waals surface area contributed by atoms with Crippen molar-refractivity contribution in [1.82, 2.24) is 4.31 Å². The fourth-order valence-electron chi connectivity index (χ4n) is 2.25. The molecule has 1 aromatic carbocycles. The van der Waals surface area contributed by atoms with Gasteiger partial charge in [0.2, 0.25) is 0 Å². The molecule has 104 valence electrons. The van der Waals surface area contributed by atoms with Crippen LogP contribution in [0.2, 0.25) is 0 Å². The summed E-state index contributed by atoms with van der Waals surface area (Å²) in [5.74, 6) is -0.257. The summed E-state index contributed by atoms with van der Waals surface area (Å²) in [7, 11) is -3.73. The summed E-state index contributed by atoms with van der Waals surface area (Å²) in [5.41, 5.74) is 6.17. The Morgan fingerprint density at radius 1 is 1.26 bits per heavy atom. The molecule has 0 spiro atoms. The van der Waals surface area contributed by atoms with Gasteiger partial charge in [-0.15, -0.1) is 0 Å². The number of benzene rings is 1. The van der Waals surface area contributed by atoms with Crippen LogP contribution in [0.25, 0.3) is 0 Å². The third-order valence-electron chi connectivity index (χ3n) is 3.61. The second-order valence-electron chi connectivity index (χ2n) is 4.78. The molecule has 2 rings (SSSR count). The first kappa shape index (κ1) is 13.9. The van der Waals surface area contributed by atoms with Crippen molar-refractivity contribution in [1.29, 1.82) is 0 Å². The van der Waals surface area contributed by atoms with Crippen LogP contribution >= 0.6 is 0 Å². The van der Waals surface area contributed by atoms with Crippen molar-refractivity contribution in [2.75, 3.05) is 12.3 Å². The maximum atomic E-state index is 12.4. The number of fused-ring (bicyclic) bond motifs is 1. The molecule has 1 aliphatic rings. The van der Waals surface area contributed by atoms with Crippen LogP contribution in [-0.2, 0) is 10.0 Å². The smallest absolute Gasteiger partial charge is 0.269 e. The van der Waals surface area contributed by atoms with Crippen LogP contribution in [-0.4, -0.2) is 25.2 Å². The van der Waals surface area contributed by atoms with Crippen LogP contribution in [0.15, 0.2) is 23.1 Å². The van der Waals surface area contributed by atoms with E-state index in [1.807, 2.05) is 13.8 Å². The van der Waals surface area contributed by atoms with Crippen LogP contribution in [0.3, 0.4) is 0 Å². The predicted octanol–water partition coefficient (Wildman–Crippen LogP) is 1.85. The maximum absolute atomic E-state index is 12.4. The Kier molecular flexibility index (Phi) is 3.54. The summed E-state index contributed by atoms with van der Waals surface area (Å²) >= 11 is 0. The molecule has 0 atom stereocenters. The Morgan fingerprint density at radius 3 is 2.47 bits per heavy atom. The van der Waals surface area contributed by atoms with Crippen molar-refractivity contribution in [2.45, 2.75) is 31.6 Å². The van der Waals surface area contributed by atoms with Gasteiger partial charge in [0.05, 0.1) is 5.56 Å². The molecule has 0 aliphatic carbocycles. The number of rotatable bonds is 4. The molecule has 6 heteroatoms. The molecule has 0 saturated heterocycles. The third-order valence-corrected chi connectivity index (χ3v) is 5.40. The van der Waals surface area contributed by atoms with Crippen molar-refractivity contribution in [3.05, 3.63) is 23.8 Å². The second-order valence-corrected chi connectivity index (χ2v) is 6.61. The van der Waals surface area contributed by atoms with Crippen LogP contribution in [0.4, 0.5) is 5.69 Å². The van der Waals surface area contributed by atoms with E-state index in [0.29, 0.717) is 5.69 Å². The van der Waals surface area contributed by atoms with Crippen LogP contribution in [0, 0.1) is 5.92 Å². The average Bonchev–Trinajstić information content (AvgIpc) is 2.56. The van der Waals surface area contributed by atoms with Gasteiger partial charge in [-0.3, -0.25) is 4.79 Å². The zero-order chi connectivity index (χ0) is 14.2. The summed E-state index contributed by atoms with van der Waals surface area (Å²) in [6.07, 6.45) is 1.68. The van der Waals surface area contributed by atoms with E-state index in [9.17, 15) is 13.2 Å². The number of anilines is 1. The monoisotopic (exact) mass is 282 g/mol. The highest BCUT2D eigenvalue weighted by molar-refractivity contribution is 7.90. The van der Waals surface area contributed by atoms with E-state index < -0.39 is 15.9 Å². The summed E-state index contributed by atoms with van der Waals surface area (Å²) in [4.78, 5) is 12.2. The lowest BCUT2D eigenvalue weighted by Gasteiger charge is -2.20. The topological polar surface area (TPSA) is 80.5 Å². The van der Waals surface area contributed by atoms with E-state index in [-0.39, 0.29) is 22.9 Å². The van der Waals surface area contributed by atoms with Gasteiger partial charge >= 0.3 is 0 Å². The van der Waals surface area contributed by atoms with Crippen LogP contribution < -0.4 is 5.73 Å². The van der Waals surface area contributed by atoms with Crippen LogP contribution in [0.5, 0.6) is 0 Å². The molecular formula is C13H18N2O3S. The lowest BCUT2D eigenvalue weighted by Crippen LogP contribution is -2.34. The number of nitrogen functional groups attached to an aromatic ring is 1. The normalized spacial score (nSPS) is 17.0. The summed E-state index contributed by atoms with van der Waals surface area (Å²) in [5, 5.41) is 0. The van der Waals surface area contributed by atoms with Gasteiger partial charge in [-0.2, -0.15) is 0 Å². The number of carbonyl (C=O) groups is 1. The highest BCUT2D eigenvalue weighted by atomic mass is 32.2. The maximum Gasteiger partial charge on any atom is 0.269 e. The number of sulfonamides is 1. The Hall–Kier alpha value is -1.56. The minimum atomic E-state index is -3.73. The number of nitrogens with two attached hydrogens (primary N) is 1. The largest absolute Gasteiger partial charge is 0.399 e. The molecule has 1 heterocycles. The number of amides is 1. The molecule has 0 unspecified atom stereocenters. The molecule has 0 saturated carbocycles. The molecule has 2 N–H and O–H groups in total. The van der Waals surface area contributed by atoms with Crippen molar-refractivity contribution in [3.8, 4) is 0 Å². The third kappa shape index (κ3) is 2.20. The van der Waals surface area contributed by atoms with E-state index in [1.165, 1.54) is 12.1 Å². The molecule has 19 heavy (non-hydrogen) atoms. The summed E-state index contributed by atoms with van der Waals surface area (Å²) < 4.78 is 25.7. The molecule has 0 radical (unpaired) electrons. The Morgan fingerprint density at radius 2 is 1.89 bits per heavy atom. The first-order chi connectivity index (χ1) is 8.91. The van der Waals surface area contributed by atoms with Gasteiger partial charge in [-0.1, -0.05) is 26.7 Å². The molecular weight excluding hydrogens is 264 g/mol. The fraction of sp³-hybridized carbons (Fsp3) is 0.462. The van der Waals surface area contributed by atoms with Gasteiger partial charge in [0.25, 0.3) is 15.9 Å². The standard InChI is InChI=1S/C13H18N2O3S/c1-3-9(4-2)8-15-13(16)11-6-5-10(14)7-12(11)19(15,17)18/h5-7,9H,3-4,8,14H2,1-2H3. The van der Waals surface area contributed by atoms with E-state index in [2.05, 4.69) is 0 Å². The van der Waals surface area contributed by atoms with Gasteiger partial charge in [-0.25, -0.2) is 12.7 Å². The lowest BCUT2D eigenvalue weighted by atomic mass is 10.0. The average molecular weight is 282 g/mol. The van der Waals surface area contributed by atoms with E-state index in [0.717, 1.165) is 17.1 Å². The van der Waals surface area contributed by atoms with Gasteiger partial charge < -0.3 is 5.73 Å². The minimum absolute atomic E-state index is 0.0310. The number of carbonyl (C=O) groups excluding carboxylic acids is 1. The number of nitrogens with zero attached hydrogens (tertiary/aromatic N) is 1. The number of hydrogen-bond donors (Lipinski definition) is 1. The van der Waals surface area contributed by atoms with Crippen molar-refractivity contribution >= 4 is 21.6 Å². The predicted molar refractivity (Wildman–Crippen MR) is 73.1 cm³/mol. The Labute approximate surface area is 113 Å².